The smallest absolute Gasteiger partial charge is 0.0782 e. The number of rotatable bonds is 4. The Morgan fingerprint density at radius 1 is 1.20 bits per heavy atom. The summed E-state index contributed by atoms with van der Waals surface area (Å²) in [5.41, 5.74) is 0.187. The molecular formula is C13H23BrO. The third-order valence-corrected chi connectivity index (χ3v) is 5.09. The first-order chi connectivity index (χ1) is 7.15. The molecule has 2 heteroatoms. The monoisotopic (exact) mass is 274 g/mol. The SMILES string of the molecule is CC(C)C1CCC(CBr)(OC2CC2)CC1. The topological polar surface area (TPSA) is 9.23 Å². The highest BCUT2D eigenvalue weighted by atomic mass is 79.9. The van der Waals surface area contributed by atoms with Crippen LogP contribution in [0.5, 0.6) is 0 Å². The Morgan fingerprint density at radius 2 is 1.80 bits per heavy atom. The molecule has 0 aromatic rings. The molecule has 2 saturated carbocycles. The summed E-state index contributed by atoms with van der Waals surface area (Å²) >= 11 is 3.66. The van der Waals surface area contributed by atoms with Gasteiger partial charge < -0.3 is 4.74 Å². The van der Waals surface area contributed by atoms with E-state index in [9.17, 15) is 0 Å². The first-order valence-corrected chi connectivity index (χ1v) is 7.51. The number of hydrogen-bond acceptors (Lipinski definition) is 1. The zero-order valence-corrected chi connectivity index (χ0v) is 11.6. The van der Waals surface area contributed by atoms with Crippen LogP contribution in [0.15, 0.2) is 0 Å². The molecule has 0 unspecified atom stereocenters. The van der Waals surface area contributed by atoms with Crippen molar-refractivity contribution in [3.05, 3.63) is 0 Å². The van der Waals surface area contributed by atoms with Crippen molar-refractivity contribution >= 4 is 15.9 Å². The molecule has 2 fully saturated rings. The molecule has 0 amide bonds. The summed E-state index contributed by atoms with van der Waals surface area (Å²) in [6, 6.07) is 0. The van der Waals surface area contributed by atoms with Crippen molar-refractivity contribution in [3.63, 3.8) is 0 Å². The molecule has 0 aliphatic heterocycles. The zero-order chi connectivity index (χ0) is 10.9. The first kappa shape index (κ1) is 11.9. The summed E-state index contributed by atoms with van der Waals surface area (Å²) < 4.78 is 6.22. The van der Waals surface area contributed by atoms with Gasteiger partial charge in [-0.25, -0.2) is 0 Å². The Bertz CT molecular complexity index is 203. The van der Waals surface area contributed by atoms with Gasteiger partial charge in [0.2, 0.25) is 0 Å². The minimum absolute atomic E-state index is 0.187. The van der Waals surface area contributed by atoms with Crippen LogP contribution in [-0.2, 0) is 4.74 Å². The molecule has 0 saturated heterocycles. The molecule has 1 nitrogen and oxygen atoms in total. The minimum Gasteiger partial charge on any atom is -0.371 e. The molecule has 0 aromatic carbocycles. The quantitative estimate of drug-likeness (QED) is 0.700. The Hall–Kier alpha value is 0.440. The molecular weight excluding hydrogens is 252 g/mol. The summed E-state index contributed by atoms with van der Waals surface area (Å²) in [5.74, 6) is 1.78. The molecule has 15 heavy (non-hydrogen) atoms. The average Bonchev–Trinajstić information content (AvgIpc) is 3.02. The van der Waals surface area contributed by atoms with Crippen LogP contribution in [0, 0.1) is 11.8 Å². The van der Waals surface area contributed by atoms with Crippen LogP contribution in [-0.4, -0.2) is 17.0 Å². The number of alkyl halides is 1. The van der Waals surface area contributed by atoms with Crippen molar-refractivity contribution in [2.75, 3.05) is 5.33 Å². The van der Waals surface area contributed by atoms with E-state index in [1.165, 1.54) is 38.5 Å². The molecule has 0 spiro atoms. The molecule has 2 aliphatic carbocycles. The molecule has 88 valence electrons. The highest BCUT2D eigenvalue weighted by molar-refractivity contribution is 9.09. The van der Waals surface area contributed by atoms with Gasteiger partial charge in [-0.3, -0.25) is 0 Å². The fourth-order valence-electron chi connectivity index (χ4n) is 2.66. The lowest BCUT2D eigenvalue weighted by Crippen LogP contribution is -2.40. The summed E-state index contributed by atoms with van der Waals surface area (Å²) in [6.07, 6.45) is 8.42. The van der Waals surface area contributed by atoms with Crippen molar-refractivity contribution in [2.24, 2.45) is 11.8 Å². The van der Waals surface area contributed by atoms with Gasteiger partial charge in [0, 0.05) is 5.33 Å². The van der Waals surface area contributed by atoms with E-state index in [-0.39, 0.29) is 5.60 Å². The van der Waals surface area contributed by atoms with Crippen molar-refractivity contribution < 1.29 is 4.74 Å². The molecule has 0 radical (unpaired) electrons. The van der Waals surface area contributed by atoms with Crippen LogP contribution in [0.4, 0.5) is 0 Å². The maximum Gasteiger partial charge on any atom is 0.0782 e. The van der Waals surface area contributed by atoms with Gasteiger partial charge in [-0.15, -0.1) is 0 Å². The van der Waals surface area contributed by atoms with Crippen LogP contribution in [0.3, 0.4) is 0 Å². The Kier molecular flexibility index (Phi) is 3.77. The minimum atomic E-state index is 0.187. The summed E-state index contributed by atoms with van der Waals surface area (Å²) in [5, 5.41) is 1.03. The molecule has 2 aliphatic rings. The average molecular weight is 275 g/mol. The third-order valence-electron chi connectivity index (χ3n) is 4.07. The normalized spacial score (nSPS) is 37.2. The first-order valence-electron chi connectivity index (χ1n) is 6.39. The lowest BCUT2D eigenvalue weighted by atomic mass is 9.75. The van der Waals surface area contributed by atoms with E-state index in [0.717, 1.165) is 17.2 Å². The van der Waals surface area contributed by atoms with Crippen molar-refractivity contribution in [2.45, 2.75) is 64.1 Å². The molecule has 0 heterocycles. The number of halogens is 1. The van der Waals surface area contributed by atoms with Crippen molar-refractivity contribution in [1.82, 2.24) is 0 Å². The van der Waals surface area contributed by atoms with Crippen LogP contribution in [0.25, 0.3) is 0 Å². The second kappa shape index (κ2) is 4.75. The van der Waals surface area contributed by atoms with Crippen LogP contribution < -0.4 is 0 Å². The largest absolute Gasteiger partial charge is 0.371 e. The van der Waals surface area contributed by atoms with Gasteiger partial charge in [0.15, 0.2) is 0 Å². The molecule has 0 N–H and O–H groups in total. The predicted molar refractivity (Wildman–Crippen MR) is 67.4 cm³/mol. The van der Waals surface area contributed by atoms with Gasteiger partial charge >= 0.3 is 0 Å². The van der Waals surface area contributed by atoms with Gasteiger partial charge in [0.25, 0.3) is 0 Å². The standard InChI is InChI=1S/C13H23BrO/c1-10(2)11-5-7-13(9-14,8-6-11)15-12-3-4-12/h10-12H,3-9H2,1-2H3. The van der Waals surface area contributed by atoms with Crippen LogP contribution in [0.2, 0.25) is 0 Å². The molecule has 0 atom stereocenters. The molecule has 0 aromatic heterocycles. The van der Waals surface area contributed by atoms with Crippen LogP contribution in [0.1, 0.15) is 52.4 Å². The molecule has 2 rings (SSSR count). The lowest BCUT2D eigenvalue weighted by Gasteiger charge is -2.40. The summed E-state index contributed by atoms with van der Waals surface area (Å²) in [6.45, 7) is 4.71. The van der Waals surface area contributed by atoms with E-state index >= 15 is 0 Å². The van der Waals surface area contributed by atoms with E-state index in [4.69, 9.17) is 4.74 Å². The maximum absolute atomic E-state index is 6.22. The maximum atomic E-state index is 6.22. The third kappa shape index (κ3) is 2.97. The lowest BCUT2D eigenvalue weighted by molar-refractivity contribution is -0.0731. The van der Waals surface area contributed by atoms with Gasteiger partial charge in [0.1, 0.15) is 0 Å². The predicted octanol–water partition coefficient (Wildman–Crippen LogP) is 4.15. The van der Waals surface area contributed by atoms with Gasteiger partial charge in [0.05, 0.1) is 11.7 Å². The van der Waals surface area contributed by atoms with E-state index in [2.05, 4.69) is 29.8 Å². The highest BCUT2D eigenvalue weighted by Gasteiger charge is 2.40. The second-order valence-corrected chi connectivity index (χ2v) is 6.28. The highest BCUT2D eigenvalue weighted by Crippen LogP contribution is 2.42. The van der Waals surface area contributed by atoms with Crippen molar-refractivity contribution in [1.29, 1.82) is 0 Å². The van der Waals surface area contributed by atoms with Crippen molar-refractivity contribution in [3.8, 4) is 0 Å². The Labute approximate surface area is 102 Å². The fourth-order valence-corrected chi connectivity index (χ4v) is 3.35. The number of hydrogen-bond donors (Lipinski definition) is 0. The zero-order valence-electron chi connectivity index (χ0n) is 9.97. The summed E-state index contributed by atoms with van der Waals surface area (Å²) in [7, 11) is 0. The number of ether oxygens (including phenoxy) is 1. The molecule has 0 bridgehead atoms. The van der Waals surface area contributed by atoms with Gasteiger partial charge in [-0.1, -0.05) is 29.8 Å². The fraction of sp³-hybridized carbons (Fsp3) is 1.00. The van der Waals surface area contributed by atoms with E-state index < -0.39 is 0 Å². The van der Waals surface area contributed by atoms with E-state index in [1.54, 1.807) is 0 Å². The van der Waals surface area contributed by atoms with E-state index in [1.807, 2.05) is 0 Å². The van der Waals surface area contributed by atoms with Gasteiger partial charge in [-0.2, -0.15) is 0 Å². The van der Waals surface area contributed by atoms with E-state index in [0.29, 0.717) is 6.10 Å². The summed E-state index contributed by atoms with van der Waals surface area (Å²) in [4.78, 5) is 0. The Morgan fingerprint density at radius 3 is 2.20 bits per heavy atom. The second-order valence-electron chi connectivity index (χ2n) is 5.72. The van der Waals surface area contributed by atoms with Gasteiger partial charge in [-0.05, 0) is 50.4 Å². The Balaban J connectivity index is 1.87. The van der Waals surface area contributed by atoms with Crippen LogP contribution >= 0.6 is 15.9 Å².